The van der Waals surface area contributed by atoms with Crippen LogP contribution >= 0.6 is 0 Å². The molecule has 5 nitrogen and oxygen atoms in total. The molecule has 5 heteroatoms. The van der Waals surface area contributed by atoms with E-state index in [9.17, 15) is 4.79 Å². The molecule has 0 aromatic heterocycles. The van der Waals surface area contributed by atoms with Crippen LogP contribution in [0.5, 0.6) is 11.5 Å². The summed E-state index contributed by atoms with van der Waals surface area (Å²) >= 11 is 0. The Kier molecular flexibility index (Phi) is 4.84. The second-order valence-corrected chi connectivity index (χ2v) is 5.01. The first-order valence-corrected chi connectivity index (χ1v) is 6.82. The lowest BCUT2D eigenvalue weighted by Crippen LogP contribution is -2.31. The van der Waals surface area contributed by atoms with Crippen LogP contribution in [0.1, 0.15) is 36.0 Å². The van der Waals surface area contributed by atoms with Gasteiger partial charge in [-0.2, -0.15) is 0 Å². The molecule has 0 saturated heterocycles. The first-order chi connectivity index (χ1) is 9.63. The highest BCUT2D eigenvalue weighted by molar-refractivity contribution is 5.90. The lowest BCUT2D eigenvalue weighted by atomic mass is 9.94. The minimum atomic E-state index is -0.390. The maximum absolute atomic E-state index is 11.5. The molecule has 1 fully saturated rings. The van der Waals surface area contributed by atoms with Crippen molar-refractivity contribution < 1.29 is 19.0 Å². The molecule has 1 aliphatic carbocycles. The van der Waals surface area contributed by atoms with Crippen LogP contribution in [0, 0.1) is 0 Å². The number of carbonyl (C=O) groups is 1. The van der Waals surface area contributed by atoms with Crippen LogP contribution in [0.3, 0.4) is 0 Å². The third-order valence-electron chi connectivity index (χ3n) is 3.60. The van der Waals surface area contributed by atoms with Gasteiger partial charge in [0.25, 0.3) is 0 Å². The summed E-state index contributed by atoms with van der Waals surface area (Å²) in [5.74, 6) is 0.807. The quantitative estimate of drug-likeness (QED) is 0.855. The van der Waals surface area contributed by atoms with Gasteiger partial charge >= 0.3 is 5.97 Å². The normalized spacial score (nSPS) is 22.1. The zero-order valence-electron chi connectivity index (χ0n) is 11.9. The van der Waals surface area contributed by atoms with Crippen molar-refractivity contribution >= 4 is 5.97 Å². The van der Waals surface area contributed by atoms with Gasteiger partial charge in [-0.05, 0) is 43.9 Å². The van der Waals surface area contributed by atoms with Crippen molar-refractivity contribution in [3.8, 4) is 11.5 Å². The number of hydrogen-bond donors (Lipinski definition) is 1. The summed E-state index contributed by atoms with van der Waals surface area (Å²) < 4.78 is 15.9. The van der Waals surface area contributed by atoms with E-state index < -0.39 is 5.97 Å². The van der Waals surface area contributed by atoms with Crippen LogP contribution in [0.15, 0.2) is 18.2 Å². The summed E-state index contributed by atoms with van der Waals surface area (Å²) in [5.41, 5.74) is 6.33. The zero-order chi connectivity index (χ0) is 14.5. The minimum absolute atomic E-state index is 0.160. The molecule has 0 spiro atoms. The fourth-order valence-corrected chi connectivity index (χ4v) is 2.40. The number of hydrogen-bond acceptors (Lipinski definition) is 5. The number of benzene rings is 1. The van der Waals surface area contributed by atoms with Crippen LogP contribution in [0.4, 0.5) is 0 Å². The predicted molar refractivity (Wildman–Crippen MR) is 75.2 cm³/mol. The number of ether oxygens (including phenoxy) is 3. The van der Waals surface area contributed by atoms with Gasteiger partial charge in [-0.3, -0.25) is 0 Å². The Morgan fingerprint density at radius 1 is 1.15 bits per heavy atom. The third kappa shape index (κ3) is 3.42. The Labute approximate surface area is 119 Å². The van der Waals surface area contributed by atoms with Crippen molar-refractivity contribution in [2.24, 2.45) is 5.73 Å². The average Bonchev–Trinajstić information content (AvgIpc) is 2.49. The van der Waals surface area contributed by atoms with Crippen LogP contribution in [-0.4, -0.2) is 32.3 Å². The molecule has 20 heavy (non-hydrogen) atoms. The highest BCUT2D eigenvalue weighted by Crippen LogP contribution is 2.31. The Morgan fingerprint density at radius 2 is 1.85 bits per heavy atom. The molecule has 2 rings (SSSR count). The predicted octanol–water partition coefficient (Wildman–Crippen LogP) is 2.13. The molecule has 0 aliphatic heterocycles. The Hall–Kier alpha value is -1.75. The summed E-state index contributed by atoms with van der Waals surface area (Å²) in [7, 11) is 2.91. The van der Waals surface area contributed by atoms with Gasteiger partial charge < -0.3 is 19.9 Å². The van der Waals surface area contributed by atoms with E-state index in [1.54, 1.807) is 25.3 Å². The number of nitrogens with two attached hydrogens (primary N) is 1. The molecular weight excluding hydrogens is 258 g/mol. The second-order valence-electron chi connectivity index (χ2n) is 5.01. The molecule has 1 saturated carbocycles. The number of methoxy groups -OCH3 is 2. The fourth-order valence-electron chi connectivity index (χ4n) is 2.40. The van der Waals surface area contributed by atoms with Gasteiger partial charge in [-0.1, -0.05) is 0 Å². The standard InChI is InChI=1S/C15H21NO4/c1-18-14-9-10(15(17)19-2)3-8-13(14)20-12-6-4-11(16)5-7-12/h3,8-9,11-12H,4-7,16H2,1-2H3. The van der Waals surface area contributed by atoms with Gasteiger partial charge in [0.15, 0.2) is 11.5 Å². The van der Waals surface area contributed by atoms with Crippen LogP contribution < -0.4 is 15.2 Å². The molecule has 1 aromatic rings. The van der Waals surface area contributed by atoms with Crippen molar-refractivity contribution in [3.05, 3.63) is 23.8 Å². The molecule has 0 bridgehead atoms. The highest BCUT2D eigenvalue weighted by atomic mass is 16.5. The minimum Gasteiger partial charge on any atom is -0.493 e. The maximum Gasteiger partial charge on any atom is 0.337 e. The molecule has 1 aliphatic rings. The van der Waals surface area contributed by atoms with Crippen LogP contribution in [-0.2, 0) is 4.74 Å². The van der Waals surface area contributed by atoms with Crippen molar-refractivity contribution in [1.29, 1.82) is 0 Å². The first-order valence-electron chi connectivity index (χ1n) is 6.82. The Bertz CT molecular complexity index is 467. The second kappa shape index (κ2) is 6.61. The van der Waals surface area contributed by atoms with E-state index in [1.165, 1.54) is 7.11 Å². The molecule has 110 valence electrons. The van der Waals surface area contributed by atoms with Gasteiger partial charge in [0.1, 0.15) is 0 Å². The van der Waals surface area contributed by atoms with Gasteiger partial charge in [-0.25, -0.2) is 4.79 Å². The summed E-state index contributed by atoms with van der Waals surface area (Å²) in [6.07, 6.45) is 4.01. The molecule has 0 unspecified atom stereocenters. The average molecular weight is 279 g/mol. The smallest absolute Gasteiger partial charge is 0.337 e. The van der Waals surface area contributed by atoms with E-state index >= 15 is 0 Å². The summed E-state index contributed by atoms with van der Waals surface area (Å²) in [6, 6.07) is 5.35. The molecule has 0 radical (unpaired) electrons. The fraction of sp³-hybridized carbons (Fsp3) is 0.533. The zero-order valence-corrected chi connectivity index (χ0v) is 11.9. The monoisotopic (exact) mass is 279 g/mol. The molecule has 2 N–H and O–H groups in total. The van der Waals surface area contributed by atoms with Gasteiger partial charge in [0.2, 0.25) is 0 Å². The van der Waals surface area contributed by atoms with Gasteiger partial charge in [-0.15, -0.1) is 0 Å². The van der Waals surface area contributed by atoms with E-state index in [2.05, 4.69) is 4.74 Å². The number of rotatable bonds is 4. The molecular formula is C15H21NO4. The van der Waals surface area contributed by atoms with Crippen molar-refractivity contribution in [3.63, 3.8) is 0 Å². The van der Waals surface area contributed by atoms with Crippen LogP contribution in [0.25, 0.3) is 0 Å². The molecule has 0 amide bonds. The SMILES string of the molecule is COC(=O)c1ccc(OC2CCC(N)CC2)c(OC)c1. The summed E-state index contributed by atoms with van der Waals surface area (Å²) in [4.78, 5) is 11.5. The first kappa shape index (κ1) is 14.7. The lowest BCUT2D eigenvalue weighted by molar-refractivity contribution is 0.0600. The topological polar surface area (TPSA) is 70.8 Å². The largest absolute Gasteiger partial charge is 0.493 e. The third-order valence-corrected chi connectivity index (χ3v) is 3.60. The van der Waals surface area contributed by atoms with E-state index in [4.69, 9.17) is 15.2 Å². The highest BCUT2D eigenvalue weighted by Gasteiger charge is 2.21. The Balaban J connectivity index is 2.09. The number of carbonyl (C=O) groups excluding carboxylic acids is 1. The lowest BCUT2D eigenvalue weighted by Gasteiger charge is -2.27. The summed E-state index contributed by atoms with van der Waals surface area (Å²) in [6.45, 7) is 0. The molecule has 0 heterocycles. The van der Waals surface area contributed by atoms with E-state index in [1.807, 2.05) is 0 Å². The van der Waals surface area contributed by atoms with Gasteiger partial charge in [0, 0.05) is 6.04 Å². The molecule has 0 atom stereocenters. The maximum atomic E-state index is 11.5. The van der Waals surface area contributed by atoms with Crippen molar-refractivity contribution in [1.82, 2.24) is 0 Å². The Morgan fingerprint density at radius 3 is 2.45 bits per heavy atom. The van der Waals surface area contributed by atoms with Crippen LogP contribution in [0.2, 0.25) is 0 Å². The van der Waals surface area contributed by atoms with E-state index in [0.29, 0.717) is 23.1 Å². The summed E-state index contributed by atoms with van der Waals surface area (Å²) in [5, 5.41) is 0. The van der Waals surface area contributed by atoms with Crippen molar-refractivity contribution in [2.75, 3.05) is 14.2 Å². The van der Waals surface area contributed by atoms with Gasteiger partial charge in [0.05, 0.1) is 25.9 Å². The van der Waals surface area contributed by atoms with Crippen molar-refractivity contribution in [2.45, 2.75) is 37.8 Å². The number of esters is 1. The molecule has 1 aromatic carbocycles. The van der Waals surface area contributed by atoms with E-state index in [0.717, 1.165) is 25.7 Å². The van der Waals surface area contributed by atoms with E-state index in [-0.39, 0.29) is 6.10 Å².